The van der Waals surface area contributed by atoms with E-state index in [1.807, 2.05) is 25.2 Å². The molecule has 0 aliphatic rings. The molecule has 0 aromatic heterocycles. The van der Waals surface area contributed by atoms with Crippen LogP contribution in [0, 0.1) is 0 Å². The van der Waals surface area contributed by atoms with Gasteiger partial charge < -0.3 is 11.2 Å². The van der Waals surface area contributed by atoms with Crippen LogP contribution in [0.15, 0.2) is 35.7 Å². The van der Waals surface area contributed by atoms with E-state index in [0.717, 1.165) is 5.57 Å². The Morgan fingerprint density at radius 2 is 2.25 bits per heavy atom. The quantitative estimate of drug-likeness (QED) is 0.266. The average Bonchev–Trinajstić information content (AvgIpc) is 2.12. The first kappa shape index (κ1) is 11.1. The van der Waals surface area contributed by atoms with Gasteiger partial charge in [0.15, 0.2) is 0 Å². The Balaban J connectivity index is 4.53. The molecule has 68 valence electrons. The third-order valence-corrected chi connectivity index (χ3v) is 1.59. The van der Waals surface area contributed by atoms with Crippen LogP contribution < -0.4 is 17.0 Å². The Morgan fingerprint density at radius 3 is 2.58 bits per heavy atom. The zero-order valence-electron chi connectivity index (χ0n) is 7.05. The summed E-state index contributed by atoms with van der Waals surface area (Å²) in [6, 6.07) is 0. The average molecular weight is 188 g/mol. The van der Waals surface area contributed by atoms with Crippen molar-refractivity contribution in [1.82, 2.24) is 5.43 Å². The van der Waals surface area contributed by atoms with Gasteiger partial charge in [0.05, 0.1) is 5.70 Å². The molecule has 0 atom stereocenters. The van der Waals surface area contributed by atoms with E-state index in [4.69, 9.17) is 23.2 Å². The van der Waals surface area contributed by atoms with Gasteiger partial charge in [-0.25, -0.2) is 0 Å². The maximum absolute atomic E-state index is 5.66. The molecule has 0 aromatic carbocycles. The molecule has 0 saturated carbocycles. The number of halogens is 1. The van der Waals surface area contributed by atoms with Crippen LogP contribution in [0.4, 0.5) is 0 Å². The van der Waals surface area contributed by atoms with E-state index in [9.17, 15) is 0 Å². The number of hydrazine groups is 1. The third-order valence-electron chi connectivity index (χ3n) is 1.30. The molecule has 0 amide bonds. The maximum atomic E-state index is 5.66. The number of hydrogen-bond acceptors (Lipinski definition) is 3. The van der Waals surface area contributed by atoms with Gasteiger partial charge in [-0.1, -0.05) is 18.2 Å². The van der Waals surface area contributed by atoms with Crippen LogP contribution in [0.5, 0.6) is 0 Å². The lowest BCUT2D eigenvalue weighted by Gasteiger charge is -2.06. The Bertz CT molecular complexity index is 206. The summed E-state index contributed by atoms with van der Waals surface area (Å²) in [6.07, 6.45) is 7.01. The molecule has 0 unspecified atom stereocenters. The zero-order chi connectivity index (χ0) is 9.40. The lowest BCUT2D eigenvalue weighted by molar-refractivity contribution is 0.890. The van der Waals surface area contributed by atoms with Gasteiger partial charge in [-0.3, -0.25) is 5.84 Å². The molecule has 0 rings (SSSR count). The Kier molecular flexibility index (Phi) is 6.24. The first-order chi connectivity index (χ1) is 5.79. The highest BCUT2D eigenvalue weighted by molar-refractivity contribution is 6.19. The molecular formula is C8H14ClN3. The highest BCUT2D eigenvalue weighted by Gasteiger charge is 1.98. The van der Waals surface area contributed by atoms with Gasteiger partial charge in [-0.15, -0.1) is 11.6 Å². The molecule has 0 saturated heterocycles. The van der Waals surface area contributed by atoms with E-state index in [2.05, 4.69) is 5.43 Å². The van der Waals surface area contributed by atoms with Crippen LogP contribution >= 0.6 is 11.6 Å². The molecular weight excluding hydrogens is 174 g/mol. The minimum Gasteiger partial charge on any atom is -0.403 e. The minimum atomic E-state index is 0.373. The monoisotopic (exact) mass is 187 g/mol. The molecule has 0 fully saturated rings. The topological polar surface area (TPSA) is 64.1 Å². The molecule has 0 heterocycles. The molecule has 3 nitrogen and oxygen atoms in total. The highest BCUT2D eigenvalue weighted by atomic mass is 35.5. The van der Waals surface area contributed by atoms with Crippen molar-refractivity contribution in [3.63, 3.8) is 0 Å². The predicted molar refractivity (Wildman–Crippen MR) is 53.2 cm³/mol. The van der Waals surface area contributed by atoms with Crippen LogP contribution in [0.3, 0.4) is 0 Å². The standard InChI is InChI=1S/C8H14ClN3/c1-2-3-4-7(5-9)8(6-10)12-11/h2-4,6,12H,5,10-11H2,1H3/b3-2-,7-4+,8-6-. The van der Waals surface area contributed by atoms with Crippen LogP contribution in [0.2, 0.25) is 0 Å². The summed E-state index contributed by atoms with van der Waals surface area (Å²) in [4.78, 5) is 0. The molecule has 0 aliphatic heterocycles. The summed E-state index contributed by atoms with van der Waals surface area (Å²) >= 11 is 5.66. The first-order valence-corrected chi connectivity index (χ1v) is 4.10. The fourth-order valence-electron chi connectivity index (χ4n) is 0.667. The van der Waals surface area contributed by atoms with E-state index >= 15 is 0 Å². The minimum absolute atomic E-state index is 0.373. The van der Waals surface area contributed by atoms with Crippen molar-refractivity contribution in [3.05, 3.63) is 35.7 Å². The van der Waals surface area contributed by atoms with Crippen molar-refractivity contribution in [3.8, 4) is 0 Å². The Hall–Kier alpha value is -0.930. The van der Waals surface area contributed by atoms with Gasteiger partial charge >= 0.3 is 0 Å². The molecule has 0 spiro atoms. The van der Waals surface area contributed by atoms with Gasteiger partial charge in [0.2, 0.25) is 0 Å². The fraction of sp³-hybridized carbons (Fsp3) is 0.250. The third kappa shape index (κ3) is 3.46. The predicted octanol–water partition coefficient (Wildman–Crippen LogP) is 0.991. The number of alkyl halides is 1. The normalized spacial score (nSPS) is 13.9. The van der Waals surface area contributed by atoms with E-state index in [1.54, 1.807) is 0 Å². The number of hydrogen-bond donors (Lipinski definition) is 3. The van der Waals surface area contributed by atoms with Crippen LogP contribution in [0.25, 0.3) is 0 Å². The maximum Gasteiger partial charge on any atom is 0.0684 e. The van der Waals surface area contributed by atoms with E-state index in [1.165, 1.54) is 6.20 Å². The Morgan fingerprint density at radius 1 is 1.58 bits per heavy atom. The molecule has 5 N–H and O–H groups in total. The van der Waals surface area contributed by atoms with Gasteiger partial charge in [0, 0.05) is 12.1 Å². The SMILES string of the molecule is C\C=C/C=C(CCl)/C(=C/N)NN. The second-order valence-electron chi connectivity index (χ2n) is 2.08. The number of rotatable bonds is 4. The molecule has 0 bridgehead atoms. The van der Waals surface area contributed by atoms with E-state index in [0.29, 0.717) is 11.6 Å². The second kappa shape index (κ2) is 6.76. The summed E-state index contributed by atoms with van der Waals surface area (Å²) < 4.78 is 0. The lowest BCUT2D eigenvalue weighted by Crippen LogP contribution is -2.23. The lowest BCUT2D eigenvalue weighted by atomic mass is 10.2. The summed E-state index contributed by atoms with van der Waals surface area (Å²) in [6.45, 7) is 1.92. The molecule has 0 radical (unpaired) electrons. The fourth-order valence-corrected chi connectivity index (χ4v) is 0.900. The van der Waals surface area contributed by atoms with Crippen molar-refractivity contribution in [2.24, 2.45) is 11.6 Å². The summed E-state index contributed by atoms with van der Waals surface area (Å²) in [5.74, 6) is 5.58. The van der Waals surface area contributed by atoms with Crippen LogP contribution in [0.1, 0.15) is 6.92 Å². The van der Waals surface area contributed by atoms with Crippen molar-refractivity contribution in [2.45, 2.75) is 6.92 Å². The highest BCUT2D eigenvalue weighted by Crippen LogP contribution is 2.06. The van der Waals surface area contributed by atoms with Crippen molar-refractivity contribution in [1.29, 1.82) is 0 Å². The smallest absolute Gasteiger partial charge is 0.0684 e. The van der Waals surface area contributed by atoms with Gasteiger partial charge in [-0.05, 0) is 12.5 Å². The van der Waals surface area contributed by atoms with Gasteiger partial charge in [-0.2, -0.15) is 0 Å². The van der Waals surface area contributed by atoms with E-state index in [-0.39, 0.29) is 0 Å². The largest absolute Gasteiger partial charge is 0.403 e. The second-order valence-corrected chi connectivity index (χ2v) is 2.34. The van der Waals surface area contributed by atoms with Crippen molar-refractivity contribution < 1.29 is 0 Å². The number of allylic oxidation sites excluding steroid dienone is 4. The number of nitrogens with two attached hydrogens (primary N) is 2. The summed E-state index contributed by atoms with van der Waals surface area (Å²) in [7, 11) is 0. The van der Waals surface area contributed by atoms with Crippen molar-refractivity contribution in [2.75, 3.05) is 5.88 Å². The van der Waals surface area contributed by atoms with Crippen LogP contribution in [-0.4, -0.2) is 5.88 Å². The van der Waals surface area contributed by atoms with E-state index < -0.39 is 0 Å². The summed E-state index contributed by atoms with van der Waals surface area (Å²) in [5, 5.41) is 0. The molecule has 12 heavy (non-hydrogen) atoms. The van der Waals surface area contributed by atoms with Gasteiger partial charge in [0.25, 0.3) is 0 Å². The van der Waals surface area contributed by atoms with Crippen LogP contribution in [-0.2, 0) is 0 Å². The first-order valence-electron chi connectivity index (χ1n) is 3.56. The zero-order valence-corrected chi connectivity index (χ0v) is 7.81. The Labute approximate surface area is 77.7 Å². The number of nitrogens with one attached hydrogen (secondary N) is 1. The molecule has 4 heteroatoms. The summed E-state index contributed by atoms with van der Waals surface area (Å²) in [5.41, 5.74) is 9.27. The molecule has 0 aromatic rings. The van der Waals surface area contributed by atoms with Crippen molar-refractivity contribution >= 4 is 11.6 Å². The molecule has 0 aliphatic carbocycles. The van der Waals surface area contributed by atoms with Gasteiger partial charge in [0.1, 0.15) is 0 Å².